The Balaban J connectivity index is 1.28. The summed E-state index contributed by atoms with van der Waals surface area (Å²) in [4.78, 5) is 17.3. The van der Waals surface area contributed by atoms with E-state index >= 15 is 4.39 Å². The van der Waals surface area contributed by atoms with Gasteiger partial charge in [-0.2, -0.15) is 5.10 Å². The van der Waals surface area contributed by atoms with Crippen LogP contribution in [0.3, 0.4) is 0 Å². The second kappa shape index (κ2) is 10.7. The third-order valence-corrected chi connectivity index (χ3v) is 9.62. The van der Waals surface area contributed by atoms with Crippen LogP contribution in [0.1, 0.15) is 42.1 Å². The second-order valence-corrected chi connectivity index (χ2v) is 17.8. The molecule has 1 aliphatic heterocycles. The number of pyridine rings is 1. The van der Waals surface area contributed by atoms with E-state index in [9.17, 15) is 13.6 Å². The molecule has 1 N–H and O–H groups in total. The van der Waals surface area contributed by atoms with Crippen molar-refractivity contribution in [2.45, 2.75) is 71.4 Å². The van der Waals surface area contributed by atoms with Crippen LogP contribution >= 0.6 is 0 Å². The van der Waals surface area contributed by atoms with Crippen LogP contribution in [0.2, 0.25) is 25.7 Å². The number of hydrogen-bond acceptors (Lipinski definition) is 5. The van der Waals surface area contributed by atoms with Crippen LogP contribution in [0.25, 0.3) is 11.3 Å². The van der Waals surface area contributed by atoms with Gasteiger partial charge in [0, 0.05) is 61.4 Å². The maximum Gasteiger partial charge on any atom is 0.225 e. The number of carbonyl (C=O) groups is 1. The minimum Gasteiger partial charge on any atom is -0.493 e. The molecule has 1 spiro atoms. The minimum atomic E-state index is -1.21. The SMILES string of the molecule is Cc1nn(COCC[Si](C)(C)C)c(C)c1-c1ncc(NC(=O)CC2c3cc(F)c(F)cc3OCC23CC3)cc1F. The predicted molar refractivity (Wildman–Crippen MR) is 149 cm³/mol. The molecule has 7 nitrogen and oxygen atoms in total. The number of amides is 1. The van der Waals surface area contributed by atoms with E-state index in [1.807, 2.05) is 6.92 Å². The first kappa shape index (κ1) is 28.3. The maximum atomic E-state index is 15.3. The largest absolute Gasteiger partial charge is 0.493 e. The van der Waals surface area contributed by atoms with Crippen molar-refractivity contribution in [2.24, 2.45) is 5.41 Å². The topological polar surface area (TPSA) is 78.3 Å². The summed E-state index contributed by atoms with van der Waals surface area (Å²) in [5, 5.41) is 7.24. The summed E-state index contributed by atoms with van der Waals surface area (Å²) in [5.74, 6) is -2.97. The summed E-state index contributed by atoms with van der Waals surface area (Å²) in [6, 6.07) is 4.44. The molecule has 2 aliphatic rings. The van der Waals surface area contributed by atoms with E-state index < -0.39 is 25.5 Å². The van der Waals surface area contributed by atoms with Crippen molar-refractivity contribution in [3.05, 3.63) is 58.8 Å². The van der Waals surface area contributed by atoms with E-state index in [1.165, 1.54) is 12.3 Å². The van der Waals surface area contributed by atoms with Gasteiger partial charge in [0.1, 0.15) is 18.2 Å². The van der Waals surface area contributed by atoms with Gasteiger partial charge in [-0.25, -0.2) is 17.9 Å². The molecule has 1 saturated carbocycles. The highest BCUT2D eigenvalue weighted by atomic mass is 28.3. The lowest BCUT2D eigenvalue weighted by atomic mass is 9.79. The van der Waals surface area contributed by atoms with E-state index in [1.54, 1.807) is 11.6 Å². The quantitative estimate of drug-likeness (QED) is 0.232. The molecule has 0 saturated heterocycles. The Morgan fingerprint density at radius 1 is 1.15 bits per heavy atom. The third-order valence-electron chi connectivity index (χ3n) is 7.92. The van der Waals surface area contributed by atoms with Gasteiger partial charge in [0.15, 0.2) is 17.5 Å². The number of ether oxygens (including phenoxy) is 2. The van der Waals surface area contributed by atoms with E-state index in [2.05, 4.69) is 35.0 Å². The Bertz CT molecular complexity index is 1450. The van der Waals surface area contributed by atoms with Crippen molar-refractivity contribution in [3.63, 3.8) is 0 Å². The molecule has 0 radical (unpaired) electrons. The van der Waals surface area contributed by atoms with Crippen LogP contribution in [0, 0.1) is 36.7 Å². The van der Waals surface area contributed by atoms with Gasteiger partial charge in [0.25, 0.3) is 0 Å². The number of aryl methyl sites for hydroxylation is 1. The van der Waals surface area contributed by atoms with Crippen LogP contribution in [-0.2, 0) is 16.3 Å². The van der Waals surface area contributed by atoms with Crippen LogP contribution in [-0.4, -0.2) is 42.0 Å². The van der Waals surface area contributed by atoms with Crippen molar-refractivity contribution in [1.29, 1.82) is 0 Å². The van der Waals surface area contributed by atoms with Gasteiger partial charge in [-0.05, 0) is 38.8 Å². The Kier molecular flexibility index (Phi) is 7.56. The van der Waals surface area contributed by atoms with Crippen LogP contribution in [0.4, 0.5) is 18.9 Å². The minimum absolute atomic E-state index is 0.0352. The van der Waals surface area contributed by atoms with Gasteiger partial charge >= 0.3 is 0 Å². The maximum absolute atomic E-state index is 15.3. The van der Waals surface area contributed by atoms with Crippen molar-refractivity contribution >= 4 is 19.7 Å². The molecular formula is C29H35F3N4O3Si. The Morgan fingerprint density at radius 3 is 2.55 bits per heavy atom. The zero-order valence-corrected chi connectivity index (χ0v) is 24.5. The second-order valence-electron chi connectivity index (χ2n) is 12.2. The summed E-state index contributed by atoms with van der Waals surface area (Å²) >= 11 is 0. The molecule has 1 fully saturated rings. The number of hydrogen-bond donors (Lipinski definition) is 1. The first-order valence-corrected chi connectivity index (χ1v) is 17.3. The molecule has 1 amide bonds. The van der Waals surface area contributed by atoms with Crippen LogP contribution in [0.15, 0.2) is 24.4 Å². The lowest BCUT2D eigenvalue weighted by Gasteiger charge is -2.33. The van der Waals surface area contributed by atoms with Gasteiger partial charge < -0.3 is 14.8 Å². The molecule has 40 heavy (non-hydrogen) atoms. The summed E-state index contributed by atoms with van der Waals surface area (Å²) < 4.78 is 56.3. The molecule has 1 aliphatic carbocycles. The number of rotatable bonds is 9. The van der Waals surface area contributed by atoms with Gasteiger partial charge in [0.05, 0.1) is 24.2 Å². The lowest BCUT2D eigenvalue weighted by molar-refractivity contribution is -0.117. The average Bonchev–Trinajstić information content (AvgIpc) is 3.59. The molecule has 5 rings (SSSR count). The Morgan fingerprint density at radius 2 is 1.88 bits per heavy atom. The molecule has 214 valence electrons. The Labute approximate surface area is 233 Å². The zero-order valence-electron chi connectivity index (χ0n) is 23.5. The van der Waals surface area contributed by atoms with Crippen LogP contribution in [0.5, 0.6) is 5.75 Å². The number of fused-ring (bicyclic) bond motifs is 1. The third kappa shape index (κ3) is 5.81. The monoisotopic (exact) mass is 572 g/mol. The fourth-order valence-electron chi connectivity index (χ4n) is 5.36. The fraction of sp³-hybridized carbons (Fsp3) is 0.483. The number of nitrogens with zero attached hydrogens (tertiary/aromatic N) is 3. The highest BCUT2D eigenvalue weighted by Gasteiger charge is 2.54. The van der Waals surface area contributed by atoms with Gasteiger partial charge in [-0.3, -0.25) is 9.78 Å². The predicted octanol–water partition coefficient (Wildman–Crippen LogP) is 6.58. The summed E-state index contributed by atoms with van der Waals surface area (Å²) in [6.45, 7) is 11.8. The highest BCUT2D eigenvalue weighted by Crippen LogP contribution is 2.61. The molecule has 1 atom stereocenters. The lowest BCUT2D eigenvalue weighted by Crippen LogP contribution is -2.31. The number of anilines is 1. The highest BCUT2D eigenvalue weighted by molar-refractivity contribution is 6.76. The number of halogens is 3. The van der Waals surface area contributed by atoms with Crippen LogP contribution < -0.4 is 10.1 Å². The number of benzene rings is 1. The van der Waals surface area contributed by atoms with Gasteiger partial charge in [-0.1, -0.05) is 19.6 Å². The summed E-state index contributed by atoms with van der Waals surface area (Å²) in [6.07, 6.45) is 3.12. The first-order valence-electron chi connectivity index (χ1n) is 13.6. The Hall–Kier alpha value is -3.18. The number of nitrogens with one attached hydrogen (secondary N) is 1. The van der Waals surface area contributed by atoms with Gasteiger partial charge in [-0.15, -0.1) is 0 Å². The van der Waals surface area contributed by atoms with Crippen molar-refractivity contribution in [1.82, 2.24) is 14.8 Å². The van der Waals surface area contributed by atoms with Crippen molar-refractivity contribution in [2.75, 3.05) is 18.5 Å². The van der Waals surface area contributed by atoms with Crippen molar-refractivity contribution < 1.29 is 27.4 Å². The molecule has 1 unspecified atom stereocenters. The van der Waals surface area contributed by atoms with E-state index in [4.69, 9.17) is 9.47 Å². The van der Waals surface area contributed by atoms with E-state index in [0.29, 0.717) is 30.0 Å². The molecular weight excluding hydrogens is 537 g/mol. The van der Waals surface area contributed by atoms with E-state index in [-0.39, 0.29) is 47.5 Å². The molecule has 3 aromatic rings. The van der Waals surface area contributed by atoms with E-state index in [0.717, 1.165) is 36.7 Å². The molecule has 11 heteroatoms. The first-order chi connectivity index (χ1) is 18.9. The standard InChI is InChI=1S/C29H35F3N4O3Si/c1-17-27(18(2)36(35-17)16-38-8-9-40(3,4)5)28-24(32)10-19(14-33-28)34-26(37)12-21-20-11-22(30)23(31)13-25(20)39-15-29(21)6-7-29/h10-11,13-14,21H,6-9,12,15-16H2,1-5H3,(H,34,37). The fourth-order valence-corrected chi connectivity index (χ4v) is 6.11. The molecule has 2 aromatic heterocycles. The summed E-state index contributed by atoms with van der Waals surface area (Å²) in [5.41, 5.74) is 2.55. The molecule has 1 aromatic carbocycles. The number of aromatic nitrogens is 3. The van der Waals surface area contributed by atoms with Crippen molar-refractivity contribution in [3.8, 4) is 17.0 Å². The normalized spacial score (nSPS) is 17.4. The zero-order chi connectivity index (χ0) is 28.8. The average molecular weight is 573 g/mol. The molecule has 3 heterocycles. The van der Waals surface area contributed by atoms with Gasteiger partial charge in [0.2, 0.25) is 5.91 Å². The number of carbonyl (C=O) groups excluding carboxylic acids is 1. The molecule has 0 bridgehead atoms. The summed E-state index contributed by atoms with van der Waals surface area (Å²) in [7, 11) is -1.21. The smallest absolute Gasteiger partial charge is 0.225 e.